The van der Waals surface area contributed by atoms with E-state index in [-0.39, 0.29) is 18.9 Å². The van der Waals surface area contributed by atoms with Crippen molar-refractivity contribution >= 4 is 22.8 Å². The Balaban J connectivity index is 1.55. The summed E-state index contributed by atoms with van der Waals surface area (Å²) in [6.07, 6.45) is 6.01. The number of nitrogens with one attached hydrogen (secondary N) is 1. The van der Waals surface area contributed by atoms with Crippen molar-refractivity contribution in [3.05, 3.63) is 40.5 Å². The summed E-state index contributed by atoms with van der Waals surface area (Å²) in [5.41, 5.74) is 2.52. The van der Waals surface area contributed by atoms with E-state index in [4.69, 9.17) is 0 Å². The van der Waals surface area contributed by atoms with Crippen molar-refractivity contribution in [1.29, 1.82) is 0 Å². The molecule has 0 unspecified atom stereocenters. The first kappa shape index (κ1) is 19.0. The fourth-order valence-electron chi connectivity index (χ4n) is 3.73. The molecule has 1 saturated carbocycles. The van der Waals surface area contributed by atoms with Crippen molar-refractivity contribution in [2.45, 2.75) is 45.0 Å². The number of hydrogen-bond donors (Lipinski definition) is 1. The number of halogens is 2. The maximum Gasteiger partial charge on any atom is 0.280 e. The van der Waals surface area contributed by atoms with Crippen molar-refractivity contribution in [2.75, 3.05) is 6.54 Å². The fraction of sp³-hybridized carbons (Fsp3) is 0.450. The predicted octanol–water partition coefficient (Wildman–Crippen LogP) is 4.58. The zero-order valence-electron chi connectivity index (χ0n) is 15.6. The van der Waals surface area contributed by atoms with Gasteiger partial charge < -0.3 is 5.32 Å². The molecule has 0 spiro atoms. The lowest BCUT2D eigenvalue weighted by molar-refractivity contribution is -0.0835. The van der Waals surface area contributed by atoms with Crippen LogP contribution in [0.3, 0.4) is 0 Å². The number of alkyl halides is 2. The fourth-order valence-corrected chi connectivity index (χ4v) is 4.66. The number of aryl methyl sites for hydroxylation is 1. The molecular weight excluding hydrogens is 382 g/mol. The SMILES string of the molecule is CCc1sc(C(=O)NC[C@@H]2CCCCC2(F)F)nc1-c1cnn2ccccc12. The molecular formula is C20H22F2N4OS. The third-order valence-corrected chi connectivity index (χ3v) is 6.51. The number of fused-ring (bicyclic) bond motifs is 1. The molecule has 0 saturated heterocycles. The van der Waals surface area contributed by atoms with Gasteiger partial charge in [-0.1, -0.05) is 19.4 Å². The molecule has 1 N–H and O–H groups in total. The predicted molar refractivity (Wildman–Crippen MR) is 105 cm³/mol. The molecule has 0 bridgehead atoms. The maximum atomic E-state index is 14.0. The summed E-state index contributed by atoms with van der Waals surface area (Å²) < 4.78 is 29.8. The number of carbonyl (C=O) groups excluding carboxylic acids is 1. The van der Waals surface area contributed by atoms with Crippen LogP contribution in [0.15, 0.2) is 30.6 Å². The lowest BCUT2D eigenvalue weighted by Gasteiger charge is -2.31. The van der Waals surface area contributed by atoms with Gasteiger partial charge in [-0.2, -0.15) is 5.10 Å². The van der Waals surface area contributed by atoms with Crippen LogP contribution in [0.1, 0.15) is 47.3 Å². The van der Waals surface area contributed by atoms with E-state index in [1.807, 2.05) is 31.3 Å². The molecule has 1 amide bonds. The molecule has 5 nitrogen and oxygen atoms in total. The number of carbonyl (C=O) groups is 1. The van der Waals surface area contributed by atoms with E-state index in [1.165, 1.54) is 11.3 Å². The van der Waals surface area contributed by atoms with E-state index in [1.54, 1.807) is 10.7 Å². The van der Waals surface area contributed by atoms with Crippen LogP contribution in [-0.2, 0) is 6.42 Å². The second-order valence-electron chi connectivity index (χ2n) is 7.15. The van der Waals surface area contributed by atoms with Crippen LogP contribution in [0.2, 0.25) is 0 Å². The molecule has 0 radical (unpaired) electrons. The van der Waals surface area contributed by atoms with E-state index in [0.29, 0.717) is 17.8 Å². The highest BCUT2D eigenvalue weighted by molar-refractivity contribution is 7.14. The molecule has 0 aromatic carbocycles. The third kappa shape index (κ3) is 3.53. The molecule has 3 aromatic heterocycles. The maximum absolute atomic E-state index is 14.0. The van der Waals surface area contributed by atoms with Crippen molar-refractivity contribution < 1.29 is 13.6 Å². The Morgan fingerprint density at radius 1 is 1.39 bits per heavy atom. The zero-order chi connectivity index (χ0) is 19.7. The zero-order valence-corrected chi connectivity index (χ0v) is 16.4. The molecule has 28 heavy (non-hydrogen) atoms. The number of nitrogens with zero attached hydrogens (tertiary/aromatic N) is 3. The van der Waals surface area contributed by atoms with E-state index in [2.05, 4.69) is 15.4 Å². The highest BCUT2D eigenvalue weighted by atomic mass is 32.1. The summed E-state index contributed by atoms with van der Waals surface area (Å²) in [4.78, 5) is 18.1. The van der Waals surface area contributed by atoms with Gasteiger partial charge in [0.2, 0.25) is 0 Å². The summed E-state index contributed by atoms with van der Waals surface area (Å²) in [5, 5.41) is 7.32. The Bertz CT molecular complexity index is 997. The highest BCUT2D eigenvalue weighted by Crippen LogP contribution is 2.38. The van der Waals surface area contributed by atoms with Gasteiger partial charge in [-0.05, 0) is 31.4 Å². The van der Waals surface area contributed by atoms with Gasteiger partial charge in [0.25, 0.3) is 11.8 Å². The van der Waals surface area contributed by atoms with Crippen LogP contribution < -0.4 is 5.32 Å². The number of aromatic nitrogens is 3. The minimum atomic E-state index is -2.70. The Hall–Kier alpha value is -2.35. The number of pyridine rings is 1. The van der Waals surface area contributed by atoms with Gasteiger partial charge in [-0.25, -0.2) is 18.3 Å². The lowest BCUT2D eigenvalue weighted by Crippen LogP contribution is -2.40. The Labute approximate surface area is 165 Å². The van der Waals surface area contributed by atoms with E-state index >= 15 is 0 Å². The summed E-state index contributed by atoms with van der Waals surface area (Å²) in [6.45, 7) is 1.99. The molecule has 1 aliphatic carbocycles. The summed E-state index contributed by atoms with van der Waals surface area (Å²) in [7, 11) is 0. The first-order valence-corrected chi connectivity index (χ1v) is 10.4. The van der Waals surface area contributed by atoms with Gasteiger partial charge in [0.15, 0.2) is 5.01 Å². The Morgan fingerprint density at radius 3 is 3.04 bits per heavy atom. The van der Waals surface area contributed by atoms with Crippen molar-refractivity contribution in [2.24, 2.45) is 5.92 Å². The van der Waals surface area contributed by atoms with Crippen LogP contribution in [0.25, 0.3) is 16.8 Å². The molecule has 4 rings (SSSR count). The number of amides is 1. The van der Waals surface area contributed by atoms with Gasteiger partial charge in [0.05, 0.1) is 17.4 Å². The topological polar surface area (TPSA) is 59.3 Å². The molecule has 148 valence electrons. The first-order valence-electron chi connectivity index (χ1n) is 9.58. The van der Waals surface area contributed by atoms with Crippen molar-refractivity contribution in [3.8, 4) is 11.3 Å². The Morgan fingerprint density at radius 2 is 2.25 bits per heavy atom. The second kappa shape index (κ2) is 7.58. The van der Waals surface area contributed by atoms with Crippen LogP contribution in [0.4, 0.5) is 8.78 Å². The van der Waals surface area contributed by atoms with Gasteiger partial charge in [0, 0.05) is 35.5 Å². The second-order valence-corrected chi connectivity index (χ2v) is 8.23. The lowest BCUT2D eigenvalue weighted by atomic mass is 9.85. The van der Waals surface area contributed by atoms with Crippen LogP contribution in [0, 0.1) is 5.92 Å². The van der Waals surface area contributed by atoms with Gasteiger partial charge >= 0.3 is 0 Å². The molecule has 0 aliphatic heterocycles. The quantitative estimate of drug-likeness (QED) is 0.677. The highest BCUT2D eigenvalue weighted by Gasteiger charge is 2.41. The average Bonchev–Trinajstić information content (AvgIpc) is 3.30. The molecule has 1 aliphatic rings. The minimum Gasteiger partial charge on any atom is -0.349 e. The van der Waals surface area contributed by atoms with E-state index in [0.717, 1.165) is 34.5 Å². The number of rotatable bonds is 5. The summed E-state index contributed by atoms with van der Waals surface area (Å²) in [6, 6.07) is 5.77. The molecule has 1 atom stereocenters. The van der Waals surface area contributed by atoms with Gasteiger partial charge in [-0.15, -0.1) is 11.3 Å². The Kier molecular flexibility index (Phi) is 5.14. The van der Waals surface area contributed by atoms with Gasteiger partial charge in [0.1, 0.15) is 0 Å². The van der Waals surface area contributed by atoms with Crippen LogP contribution >= 0.6 is 11.3 Å². The summed E-state index contributed by atoms with van der Waals surface area (Å²) in [5.74, 6) is -3.88. The number of hydrogen-bond acceptors (Lipinski definition) is 4. The monoisotopic (exact) mass is 404 g/mol. The smallest absolute Gasteiger partial charge is 0.280 e. The summed E-state index contributed by atoms with van der Waals surface area (Å²) >= 11 is 1.31. The molecule has 8 heteroatoms. The minimum absolute atomic E-state index is 0.0150. The van der Waals surface area contributed by atoms with E-state index in [9.17, 15) is 13.6 Å². The average molecular weight is 404 g/mol. The molecule has 1 fully saturated rings. The number of thiazole rings is 1. The first-order chi connectivity index (χ1) is 13.5. The van der Waals surface area contributed by atoms with Crippen LogP contribution in [0.5, 0.6) is 0 Å². The third-order valence-electron chi connectivity index (χ3n) is 5.31. The molecule has 3 heterocycles. The molecule has 3 aromatic rings. The standard InChI is InChI=1S/C20H22F2N4OS/c1-2-16-17(14-12-24-26-10-6-4-8-15(14)26)25-19(28-16)18(27)23-11-13-7-3-5-9-20(13,21)22/h4,6,8,10,12-13H,2-3,5,7,9,11H2,1H3,(H,23,27)/t13-/m0/s1. The van der Waals surface area contributed by atoms with Crippen molar-refractivity contribution in [3.63, 3.8) is 0 Å². The normalized spacial score (nSPS) is 19.0. The van der Waals surface area contributed by atoms with E-state index < -0.39 is 11.8 Å². The van der Waals surface area contributed by atoms with Gasteiger partial charge in [-0.3, -0.25) is 4.79 Å². The van der Waals surface area contributed by atoms with Crippen LogP contribution in [-0.4, -0.2) is 33.0 Å². The largest absolute Gasteiger partial charge is 0.349 e. The van der Waals surface area contributed by atoms with Crippen molar-refractivity contribution in [1.82, 2.24) is 19.9 Å².